The van der Waals surface area contributed by atoms with Crippen LogP contribution in [0.3, 0.4) is 0 Å². The number of para-hydroxylation sites is 1. The van der Waals surface area contributed by atoms with E-state index in [-0.39, 0.29) is 23.1 Å². The highest BCUT2D eigenvalue weighted by atomic mass is 35.5. The minimum absolute atomic E-state index is 0.0717. The zero-order chi connectivity index (χ0) is 14.9. The summed E-state index contributed by atoms with van der Waals surface area (Å²) in [7, 11) is 2.02. The Hall–Kier alpha value is -0.800. The molecule has 1 aromatic carbocycles. The lowest BCUT2D eigenvalue weighted by atomic mass is 9.58. The number of hydrogen-bond acceptors (Lipinski definition) is 2. The molecule has 0 aliphatic heterocycles. The van der Waals surface area contributed by atoms with E-state index in [1.165, 1.54) is 31.7 Å². The highest BCUT2D eigenvalue weighted by Gasteiger charge is 2.55. The molecule has 0 heterocycles. The first-order valence-corrected chi connectivity index (χ1v) is 8.33. The molecule has 0 aromatic heterocycles. The second-order valence-electron chi connectivity index (χ2n) is 6.38. The monoisotopic (exact) mass is 311 g/mol. The van der Waals surface area contributed by atoms with Gasteiger partial charge < -0.3 is 10.1 Å². The minimum Gasteiger partial charge on any atom is -0.485 e. The molecule has 4 heteroatoms. The highest BCUT2D eigenvalue weighted by Crippen LogP contribution is 2.53. The quantitative estimate of drug-likeness (QED) is 0.883. The van der Waals surface area contributed by atoms with Gasteiger partial charge in [0.2, 0.25) is 0 Å². The van der Waals surface area contributed by atoms with Crippen molar-refractivity contribution in [2.45, 2.75) is 57.1 Å². The molecule has 1 N–H and O–H groups in total. The summed E-state index contributed by atoms with van der Waals surface area (Å²) in [5, 5.41) is 3.80. The van der Waals surface area contributed by atoms with Crippen molar-refractivity contribution in [1.82, 2.24) is 5.32 Å². The van der Waals surface area contributed by atoms with Gasteiger partial charge in [0.25, 0.3) is 0 Å². The molecule has 3 rings (SSSR count). The van der Waals surface area contributed by atoms with Crippen LogP contribution < -0.4 is 10.1 Å². The van der Waals surface area contributed by atoms with Crippen LogP contribution in [0.5, 0.6) is 5.75 Å². The second-order valence-corrected chi connectivity index (χ2v) is 6.79. The molecule has 0 saturated heterocycles. The third kappa shape index (κ3) is 2.66. The van der Waals surface area contributed by atoms with Crippen LogP contribution in [0.1, 0.15) is 44.9 Å². The summed E-state index contributed by atoms with van der Waals surface area (Å²) in [6.07, 6.45) is 8.40. The van der Waals surface area contributed by atoms with Crippen molar-refractivity contribution in [3.8, 4) is 5.75 Å². The molecule has 2 nitrogen and oxygen atoms in total. The van der Waals surface area contributed by atoms with Gasteiger partial charge in [-0.1, -0.05) is 43.4 Å². The lowest BCUT2D eigenvalue weighted by Gasteiger charge is -2.55. The average molecular weight is 312 g/mol. The van der Waals surface area contributed by atoms with Crippen molar-refractivity contribution < 1.29 is 9.13 Å². The zero-order valence-corrected chi connectivity index (χ0v) is 13.3. The van der Waals surface area contributed by atoms with Crippen LogP contribution in [0, 0.1) is 11.2 Å². The van der Waals surface area contributed by atoms with Gasteiger partial charge in [0.15, 0.2) is 11.6 Å². The maximum Gasteiger partial charge on any atom is 0.173 e. The molecule has 2 atom stereocenters. The van der Waals surface area contributed by atoms with Gasteiger partial charge in [0, 0.05) is 17.9 Å². The Labute approximate surface area is 131 Å². The Morgan fingerprint density at radius 3 is 2.57 bits per heavy atom. The Bertz CT molecular complexity index is 479. The van der Waals surface area contributed by atoms with Crippen LogP contribution in [0.25, 0.3) is 0 Å². The fourth-order valence-electron chi connectivity index (χ4n) is 4.11. The number of halogens is 2. The molecule has 21 heavy (non-hydrogen) atoms. The van der Waals surface area contributed by atoms with E-state index in [4.69, 9.17) is 16.3 Å². The maximum atomic E-state index is 14.0. The lowest BCUT2D eigenvalue weighted by molar-refractivity contribution is -0.0894. The Balaban J connectivity index is 1.81. The molecule has 0 amide bonds. The Morgan fingerprint density at radius 2 is 1.95 bits per heavy atom. The van der Waals surface area contributed by atoms with Gasteiger partial charge in [-0.25, -0.2) is 4.39 Å². The first-order valence-electron chi connectivity index (χ1n) is 7.95. The molecule has 2 unspecified atom stereocenters. The predicted molar refractivity (Wildman–Crippen MR) is 83.4 cm³/mol. The molecular formula is C17H23ClFNO. The standard InChI is InChI=1S/C17H23ClFNO/c1-20-14-11-15(17(14)9-4-2-3-5-10-17)21-16-12(18)7-6-8-13(16)19/h6-8,14-15,20H,2-5,9-11H2,1H3. The summed E-state index contributed by atoms with van der Waals surface area (Å²) in [5.74, 6) is -0.137. The SMILES string of the molecule is CNC1CC(Oc2c(F)cccc2Cl)C12CCCCCC2. The van der Waals surface area contributed by atoms with Crippen LogP contribution >= 0.6 is 11.6 Å². The molecule has 2 saturated carbocycles. The predicted octanol–water partition coefficient (Wildman–Crippen LogP) is 4.56. The van der Waals surface area contributed by atoms with Gasteiger partial charge in [-0.3, -0.25) is 0 Å². The van der Waals surface area contributed by atoms with Gasteiger partial charge in [-0.05, 0) is 32.0 Å². The van der Waals surface area contributed by atoms with Gasteiger partial charge in [-0.15, -0.1) is 0 Å². The molecule has 2 aliphatic carbocycles. The normalized spacial score (nSPS) is 28.0. The first-order chi connectivity index (χ1) is 10.2. The summed E-state index contributed by atoms with van der Waals surface area (Å²) in [6, 6.07) is 5.19. The van der Waals surface area contributed by atoms with Crippen LogP contribution in [-0.4, -0.2) is 19.2 Å². The van der Waals surface area contributed by atoms with Gasteiger partial charge >= 0.3 is 0 Å². The summed E-state index contributed by atoms with van der Waals surface area (Å²) >= 11 is 6.10. The van der Waals surface area contributed by atoms with E-state index in [1.807, 2.05) is 7.05 Å². The first kappa shape index (κ1) is 15.1. The summed E-state index contributed by atoms with van der Waals surface area (Å²) < 4.78 is 20.0. The molecule has 2 fully saturated rings. The zero-order valence-electron chi connectivity index (χ0n) is 12.5. The van der Waals surface area contributed by atoms with Crippen molar-refractivity contribution >= 4 is 11.6 Å². The van der Waals surface area contributed by atoms with Crippen molar-refractivity contribution in [2.75, 3.05) is 7.05 Å². The van der Waals surface area contributed by atoms with E-state index in [2.05, 4.69) is 5.32 Å². The molecule has 116 valence electrons. The molecule has 0 bridgehead atoms. The largest absolute Gasteiger partial charge is 0.485 e. The van der Waals surface area contributed by atoms with E-state index >= 15 is 0 Å². The van der Waals surface area contributed by atoms with Crippen LogP contribution in [-0.2, 0) is 0 Å². The fraction of sp³-hybridized carbons (Fsp3) is 0.647. The second kappa shape index (κ2) is 6.13. The number of nitrogens with one attached hydrogen (secondary N) is 1. The molecular weight excluding hydrogens is 289 g/mol. The molecule has 0 radical (unpaired) electrons. The van der Waals surface area contributed by atoms with Gasteiger partial charge in [0.1, 0.15) is 6.10 Å². The third-order valence-electron chi connectivity index (χ3n) is 5.35. The maximum absolute atomic E-state index is 14.0. The van der Waals surface area contributed by atoms with Crippen molar-refractivity contribution in [2.24, 2.45) is 5.41 Å². The van der Waals surface area contributed by atoms with E-state index < -0.39 is 0 Å². The third-order valence-corrected chi connectivity index (χ3v) is 5.64. The average Bonchev–Trinajstić information content (AvgIpc) is 2.73. The number of benzene rings is 1. The minimum atomic E-state index is -0.362. The summed E-state index contributed by atoms with van der Waals surface area (Å²) in [5.41, 5.74) is 0.150. The molecule has 1 spiro atoms. The topological polar surface area (TPSA) is 21.3 Å². The van der Waals surface area contributed by atoms with Gasteiger partial charge in [-0.2, -0.15) is 0 Å². The Kier molecular flexibility index (Phi) is 4.41. The van der Waals surface area contributed by atoms with E-state index in [0.29, 0.717) is 11.1 Å². The smallest absolute Gasteiger partial charge is 0.173 e. The van der Waals surface area contributed by atoms with Crippen molar-refractivity contribution in [3.05, 3.63) is 29.0 Å². The van der Waals surface area contributed by atoms with Crippen LogP contribution in [0.15, 0.2) is 18.2 Å². The van der Waals surface area contributed by atoms with E-state index in [1.54, 1.807) is 12.1 Å². The summed E-state index contributed by atoms with van der Waals surface area (Å²) in [4.78, 5) is 0. The Morgan fingerprint density at radius 1 is 1.24 bits per heavy atom. The molecule has 1 aromatic rings. The summed E-state index contributed by atoms with van der Waals surface area (Å²) in [6.45, 7) is 0. The van der Waals surface area contributed by atoms with E-state index in [0.717, 1.165) is 19.3 Å². The van der Waals surface area contributed by atoms with E-state index in [9.17, 15) is 4.39 Å². The van der Waals surface area contributed by atoms with Crippen molar-refractivity contribution in [1.29, 1.82) is 0 Å². The number of ether oxygens (including phenoxy) is 1. The van der Waals surface area contributed by atoms with Gasteiger partial charge in [0.05, 0.1) is 5.02 Å². The van der Waals surface area contributed by atoms with Crippen LogP contribution in [0.2, 0.25) is 5.02 Å². The number of rotatable bonds is 3. The fourth-order valence-corrected chi connectivity index (χ4v) is 4.32. The van der Waals surface area contributed by atoms with Crippen LogP contribution in [0.4, 0.5) is 4.39 Å². The highest BCUT2D eigenvalue weighted by molar-refractivity contribution is 6.32. The lowest BCUT2D eigenvalue weighted by Crippen LogP contribution is -2.64. The molecule has 2 aliphatic rings. The van der Waals surface area contributed by atoms with Crippen molar-refractivity contribution in [3.63, 3.8) is 0 Å². The number of hydrogen-bond donors (Lipinski definition) is 1.